The van der Waals surface area contributed by atoms with Gasteiger partial charge in [0.25, 0.3) is 0 Å². The Morgan fingerprint density at radius 2 is 1.64 bits per heavy atom. The van der Waals surface area contributed by atoms with Gasteiger partial charge in [0.1, 0.15) is 17.7 Å². The third-order valence-electron chi connectivity index (χ3n) is 6.57. The van der Waals surface area contributed by atoms with Crippen molar-refractivity contribution in [3.8, 4) is 0 Å². The standard InChI is InChI=1S/C26H38N4O8S/c1-26(2,3)38-25(35)29-16-14-28(15-17-29)22(31)12-11-20(23(32)30-13-7-10-21(30)24(33)34)27-39(36,37)18-19-8-5-4-6-9-19/h4-6,8-9,20-21,27H,7,10-18H2,1-3H3,(H,33,34). The molecule has 3 amide bonds. The number of ether oxygens (including phenoxy) is 1. The summed E-state index contributed by atoms with van der Waals surface area (Å²) in [5.74, 6) is -2.44. The molecule has 39 heavy (non-hydrogen) atoms. The third-order valence-corrected chi connectivity index (χ3v) is 7.93. The summed E-state index contributed by atoms with van der Waals surface area (Å²) in [6, 6.07) is 6.15. The highest BCUT2D eigenvalue weighted by Crippen LogP contribution is 2.21. The number of aliphatic carboxylic acids is 1. The smallest absolute Gasteiger partial charge is 0.410 e. The van der Waals surface area contributed by atoms with E-state index in [2.05, 4.69) is 4.72 Å². The van der Waals surface area contributed by atoms with Crippen LogP contribution >= 0.6 is 0 Å². The average Bonchev–Trinajstić information content (AvgIpc) is 3.36. The zero-order valence-electron chi connectivity index (χ0n) is 22.7. The van der Waals surface area contributed by atoms with Gasteiger partial charge in [-0.15, -0.1) is 0 Å². The lowest BCUT2D eigenvalue weighted by molar-refractivity contribution is -0.149. The molecule has 0 bridgehead atoms. The lowest BCUT2D eigenvalue weighted by Gasteiger charge is -2.36. The zero-order chi connectivity index (χ0) is 28.8. The first-order valence-electron chi connectivity index (χ1n) is 13.1. The van der Waals surface area contributed by atoms with E-state index in [1.165, 1.54) is 9.80 Å². The summed E-state index contributed by atoms with van der Waals surface area (Å²) in [6.07, 6.45) is 0.0772. The molecule has 1 aromatic carbocycles. The molecule has 0 saturated carbocycles. The molecule has 216 valence electrons. The van der Waals surface area contributed by atoms with Gasteiger partial charge in [0.05, 0.1) is 5.75 Å². The van der Waals surface area contributed by atoms with Gasteiger partial charge in [-0.3, -0.25) is 9.59 Å². The Kier molecular flexibility index (Phi) is 9.94. The summed E-state index contributed by atoms with van der Waals surface area (Å²) >= 11 is 0. The Balaban J connectivity index is 1.65. The number of rotatable bonds is 9. The van der Waals surface area contributed by atoms with Gasteiger partial charge in [0, 0.05) is 39.1 Å². The van der Waals surface area contributed by atoms with E-state index in [4.69, 9.17) is 4.74 Å². The lowest BCUT2D eigenvalue weighted by Crippen LogP contribution is -2.53. The Hall–Kier alpha value is -3.19. The highest BCUT2D eigenvalue weighted by atomic mass is 32.2. The molecular formula is C26H38N4O8S. The summed E-state index contributed by atoms with van der Waals surface area (Å²) in [5.41, 5.74) is -0.103. The molecule has 2 fully saturated rings. The van der Waals surface area contributed by atoms with Crippen molar-refractivity contribution in [2.24, 2.45) is 0 Å². The summed E-state index contributed by atoms with van der Waals surface area (Å²) in [6.45, 7) is 6.67. The molecule has 2 aliphatic rings. The van der Waals surface area contributed by atoms with E-state index < -0.39 is 45.7 Å². The number of carbonyl (C=O) groups excluding carboxylic acids is 3. The van der Waals surface area contributed by atoms with Crippen LogP contribution < -0.4 is 4.72 Å². The molecule has 2 unspecified atom stereocenters. The van der Waals surface area contributed by atoms with Crippen molar-refractivity contribution < 1.29 is 37.4 Å². The van der Waals surface area contributed by atoms with Gasteiger partial charge in [-0.05, 0) is 45.6 Å². The Bertz CT molecular complexity index is 1140. The summed E-state index contributed by atoms with van der Waals surface area (Å²) in [7, 11) is -3.98. The maximum absolute atomic E-state index is 13.4. The maximum Gasteiger partial charge on any atom is 0.410 e. The monoisotopic (exact) mass is 566 g/mol. The van der Waals surface area contributed by atoms with Gasteiger partial charge in [0.15, 0.2) is 0 Å². The minimum Gasteiger partial charge on any atom is -0.480 e. The first-order chi connectivity index (χ1) is 18.3. The van der Waals surface area contributed by atoms with Gasteiger partial charge >= 0.3 is 12.1 Å². The quantitative estimate of drug-likeness (QED) is 0.455. The van der Waals surface area contributed by atoms with Crippen LogP contribution in [0.1, 0.15) is 52.0 Å². The van der Waals surface area contributed by atoms with Gasteiger partial charge in [-0.2, -0.15) is 0 Å². The summed E-state index contributed by atoms with van der Waals surface area (Å²) in [4.78, 5) is 54.6. The fourth-order valence-corrected chi connectivity index (χ4v) is 6.03. The second-order valence-corrected chi connectivity index (χ2v) is 12.6. The number of likely N-dealkylation sites (tertiary alicyclic amines) is 1. The van der Waals surface area contributed by atoms with E-state index >= 15 is 0 Å². The molecule has 12 nitrogen and oxygen atoms in total. The van der Waals surface area contributed by atoms with Gasteiger partial charge in [-0.25, -0.2) is 22.7 Å². The number of nitrogens with one attached hydrogen (secondary N) is 1. The Labute approximate surface area is 229 Å². The molecule has 1 aromatic rings. The van der Waals surface area contributed by atoms with Gasteiger partial charge in [0.2, 0.25) is 21.8 Å². The van der Waals surface area contributed by atoms with E-state index in [1.807, 2.05) is 0 Å². The molecule has 2 aliphatic heterocycles. The number of hydrogen-bond donors (Lipinski definition) is 2. The molecule has 0 aliphatic carbocycles. The Morgan fingerprint density at radius 3 is 2.23 bits per heavy atom. The predicted molar refractivity (Wildman–Crippen MR) is 142 cm³/mol. The molecule has 0 spiro atoms. The molecule has 13 heteroatoms. The SMILES string of the molecule is CC(C)(C)OC(=O)N1CCN(C(=O)CCC(NS(=O)(=O)Cc2ccccc2)C(=O)N2CCCC2C(=O)O)CC1. The number of carbonyl (C=O) groups is 4. The summed E-state index contributed by atoms with van der Waals surface area (Å²) in [5, 5.41) is 9.52. The minimum absolute atomic E-state index is 0.123. The highest BCUT2D eigenvalue weighted by molar-refractivity contribution is 7.88. The lowest BCUT2D eigenvalue weighted by atomic mass is 10.1. The number of benzene rings is 1. The van der Waals surface area contributed by atoms with Crippen molar-refractivity contribution >= 4 is 33.9 Å². The van der Waals surface area contributed by atoms with Crippen molar-refractivity contribution in [1.82, 2.24) is 19.4 Å². The molecule has 0 radical (unpaired) electrons. The maximum atomic E-state index is 13.4. The fraction of sp³-hybridized carbons (Fsp3) is 0.615. The predicted octanol–water partition coefficient (Wildman–Crippen LogP) is 1.41. The van der Waals surface area contributed by atoms with E-state index in [9.17, 15) is 32.7 Å². The largest absolute Gasteiger partial charge is 0.480 e. The van der Waals surface area contributed by atoms with Crippen molar-refractivity contribution in [3.05, 3.63) is 35.9 Å². The van der Waals surface area contributed by atoms with Crippen molar-refractivity contribution in [2.75, 3.05) is 32.7 Å². The van der Waals surface area contributed by atoms with Crippen LogP contribution in [0.4, 0.5) is 4.79 Å². The van der Waals surface area contributed by atoms with Crippen molar-refractivity contribution in [2.45, 2.75) is 69.9 Å². The second-order valence-electron chi connectivity index (χ2n) is 10.8. The number of amides is 3. The van der Waals surface area contributed by atoms with Crippen LogP contribution in [0.15, 0.2) is 30.3 Å². The van der Waals surface area contributed by atoms with Crippen LogP contribution in [-0.2, 0) is 34.9 Å². The van der Waals surface area contributed by atoms with E-state index in [0.29, 0.717) is 25.1 Å². The van der Waals surface area contributed by atoms with Crippen molar-refractivity contribution in [1.29, 1.82) is 0 Å². The van der Waals surface area contributed by atoms with Crippen LogP contribution in [-0.4, -0.2) is 103 Å². The molecule has 3 rings (SSSR count). The number of nitrogens with zero attached hydrogens (tertiary/aromatic N) is 3. The van der Waals surface area contributed by atoms with Crippen LogP contribution in [0, 0.1) is 0 Å². The normalized spacial score (nSPS) is 19.1. The zero-order valence-corrected chi connectivity index (χ0v) is 23.5. The van der Waals surface area contributed by atoms with Crippen molar-refractivity contribution in [3.63, 3.8) is 0 Å². The molecule has 0 aromatic heterocycles. The molecule has 2 N–H and O–H groups in total. The van der Waals surface area contributed by atoms with Crippen LogP contribution in [0.3, 0.4) is 0 Å². The average molecular weight is 567 g/mol. The second kappa shape index (κ2) is 12.8. The molecule has 2 atom stereocenters. The molecule has 2 saturated heterocycles. The molecular weight excluding hydrogens is 528 g/mol. The van der Waals surface area contributed by atoms with Crippen LogP contribution in [0.5, 0.6) is 0 Å². The number of sulfonamides is 1. The van der Waals surface area contributed by atoms with Crippen LogP contribution in [0.25, 0.3) is 0 Å². The number of carboxylic acids is 1. The first kappa shape index (κ1) is 30.4. The number of carboxylic acid groups (broad SMARTS) is 1. The van der Waals surface area contributed by atoms with Gasteiger partial charge in [-0.1, -0.05) is 30.3 Å². The Morgan fingerprint density at radius 1 is 1.03 bits per heavy atom. The third kappa shape index (κ3) is 8.92. The van der Waals surface area contributed by atoms with E-state index in [1.54, 1.807) is 56.0 Å². The summed E-state index contributed by atoms with van der Waals surface area (Å²) < 4.78 is 33.7. The topological polar surface area (TPSA) is 154 Å². The number of piperazine rings is 1. The minimum atomic E-state index is -3.98. The number of hydrogen-bond acceptors (Lipinski definition) is 7. The fourth-order valence-electron chi connectivity index (χ4n) is 4.66. The van der Waals surface area contributed by atoms with Crippen LogP contribution in [0.2, 0.25) is 0 Å². The molecule has 2 heterocycles. The first-order valence-corrected chi connectivity index (χ1v) is 14.7. The highest BCUT2D eigenvalue weighted by Gasteiger charge is 2.39. The van der Waals surface area contributed by atoms with E-state index in [0.717, 1.165) is 0 Å². The van der Waals surface area contributed by atoms with Gasteiger partial charge < -0.3 is 24.5 Å². The van der Waals surface area contributed by atoms with E-state index in [-0.39, 0.29) is 50.6 Å².